The largest absolute Gasteiger partial charge is 0.423 e. The molecule has 6 heteroatoms. The fraction of sp³-hybridized carbons (Fsp3) is 0.0789. The zero-order valence-corrected chi connectivity index (χ0v) is 24.7. The Morgan fingerprint density at radius 2 is 0.886 bits per heavy atom. The number of hydrogen-bond acceptors (Lipinski definition) is 6. The van der Waals surface area contributed by atoms with E-state index < -0.39 is 17.9 Å². The highest BCUT2D eigenvalue weighted by atomic mass is 16.5. The van der Waals surface area contributed by atoms with E-state index in [1.807, 2.05) is 42.5 Å². The van der Waals surface area contributed by atoms with Crippen molar-refractivity contribution < 1.29 is 28.6 Å². The van der Waals surface area contributed by atoms with Crippen molar-refractivity contribution in [2.24, 2.45) is 0 Å². The summed E-state index contributed by atoms with van der Waals surface area (Å²) < 4.78 is 16.1. The fourth-order valence-electron chi connectivity index (χ4n) is 3.78. The van der Waals surface area contributed by atoms with Crippen LogP contribution in [0.4, 0.5) is 0 Å². The van der Waals surface area contributed by atoms with Gasteiger partial charge in [0.05, 0.1) is 5.56 Å². The molecule has 0 aromatic heterocycles. The average molecular weight is 583 g/mol. The van der Waals surface area contributed by atoms with Gasteiger partial charge in [0.15, 0.2) is 0 Å². The molecule has 218 valence electrons. The number of rotatable bonds is 8. The number of carbonyl (C=O) groups excluding carboxylic acids is 3. The van der Waals surface area contributed by atoms with E-state index in [0.29, 0.717) is 39.5 Å². The van der Waals surface area contributed by atoms with Gasteiger partial charge in [0.2, 0.25) is 0 Å². The molecule has 0 N–H and O–H groups in total. The van der Waals surface area contributed by atoms with Gasteiger partial charge in [0, 0.05) is 22.3 Å². The van der Waals surface area contributed by atoms with Crippen LogP contribution in [0.2, 0.25) is 0 Å². The highest BCUT2D eigenvalue weighted by Crippen LogP contribution is 2.30. The molecule has 0 fully saturated rings. The molecule has 44 heavy (non-hydrogen) atoms. The van der Waals surface area contributed by atoms with Crippen molar-refractivity contribution in [1.29, 1.82) is 0 Å². The molecule has 0 aliphatic carbocycles. The normalized spacial score (nSPS) is 10.1. The second-order valence-electron chi connectivity index (χ2n) is 10.1. The van der Waals surface area contributed by atoms with Gasteiger partial charge >= 0.3 is 17.9 Å². The van der Waals surface area contributed by atoms with Gasteiger partial charge in [-0.15, -0.1) is 0 Å². The molecule has 0 unspecified atom stereocenters. The molecular formula is C38H30O6. The van der Waals surface area contributed by atoms with E-state index in [1.165, 1.54) is 0 Å². The third kappa shape index (κ3) is 8.09. The summed E-state index contributed by atoms with van der Waals surface area (Å²) in [7, 11) is 0. The number of hydrogen-bond donors (Lipinski definition) is 0. The van der Waals surface area contributed by atoms with Crippen LogP contribution in [-0.4, -0.2) is 17.9 Å². The molecule has 6 nitrogen and oxygen atoms in total. The molecule has 0 heterocycles. The van der Waals surface area contributed by atoms with Crippen molar-refractivity contribution in [3.8, 4) is 51.3 Å². The Morgan fingerprint density at radius 1 is 0.500 bits per heavy atom. The summed E-state index contributed by atoms with van der Waals surface area (Å²) in [5.74, 6) is 5.74. The van der Waals surface area contributed by atoms with Gasteiger partial charge in [0.25, 0.3) is 0 Å². The van der Waals surface area contributed by atoms with E-state index in [9.17, 15) is 14.4 Å². The van der Waals surface area contributed by atoms with Crippen LogP contribution < -0.4 is 14.2 Å². The Balaban J connectivity index is 1.56. The zero-order valence-electron chi connectivity index (χ0n) is 24.7. The summed E-state index contributed by atoms with van der Waals surface area (Å²) in [5, 5.41) is 0. The van der Waals surface area contributed by atoms with E-state index in [4.69, 9.17) is 14.2 Å². The SMILES string of the molecule is C=C(C)C(=O)Oc1ccc(C#Cc2ccc(-c3ccc(-c4ccc(OC(=O)C(=C)C)cc4)cc3)cc2OC(=O)C(=C)C)cc1. The van der Waals surface area contributed by atoms with Gasteiger partial charge in [-0.1, -0.05) is 74.0 Å². The Hall–Kier alpha value is -5.93. The van der Waals surface area contributed by atoms with Crippen LogP contribution in [0.1, 0.15) is 31.9 Å². The predicted octanol–water partition coefficient (Wildman–Crippen LogP) is 7.86. The second-order valence-corrected chi connectivity index (χ2v) is 10.1. The van der Waals surface area contributed by atoms with Gasteiger partial charge in [-0.2, -0.15) is 0 Å². The number of ether oxygens (including phenoxy) is 3. The highest BCUT2D eigenvalue weighted by Gasteiger charge is 2.12. The standard InChI is InChI=1S/C38H30O6/c1-24(2)36(39)42-33-19-8-27(9-20-33)7-10-31-15-16-32(23-35(31)44-38(41)26(5)6)30-13-11-28(12-14-30)29-17-21-34(22-18-29)43-37(40)25(3)4/h8-9,11-23H,1,3,5H2,2,4,6H3. The van der Waals surface area contributed by atoms with Crippen molar-refractivity contribution in [2.45, 2.75) is 20.8 Å². The quantitative estimate of drug-likeness (QED) is 0.0911. The summed E-state index contributed by atoms with van der Waals surface area (Å²) in [5.41, 5.74) is 5.77. The lowest BCUT2D eigenvalue weighted by Gasteiger charge is -2.10. The summed E-state index contributed by atoms with van der Waals surface area (Å²) >= 11 is 0. The lowest BCUT2D eigenvalue weighted by Crippen LogP contribution is -2.09. The van der Waals surface area contributed by atoms with Crippen molar-refractivity contribution in [1.82, 2.24) is 0 Å². The second kappa shape index (κ2) is 13.8. The van der Waals surface area contributed by atoms with Crippen LogP contribution in [0.25, 0.3) is 22.3 Å². The maximum atomic E-state index is 12.4. The van der Waals surface area contributed by atoms with Gasteiger partial charge in [0.1, 0.15) is 17.2 Å². The smallest absolute Gasteiger partial charge is 0.338 e. The molecule has 0 radical (unpaired) electrons. The lowest BCUT2D eigenvalue weighted by molar-refractivity contribution is -0.130. The third-order valence-electron chi connectivity index (χ3n) is 6.25. The van der Waals surface area contributed by atoms with Gasteiger partial charge in [-0.25, -0.2) is 14.4 Å². The molecule has 0 spiro atoms. The summed E-state index contributed by atoms with van der Waals surface area (Å²) in [6.45, 7) is 15.6. The van der Waals surface area contributed by atoms with E-state index in [-0.39, 0.29) is 5.57 Å². The first kappa shape index (κ1) is 31.0. The molecule has 4 aromatic rings. The maximum Gasteiger partial charge on any atom is 0.338 e. The number of esters is 3. The van der Waals surface area contributed by atoms with Crippen LogP contribution in [-0.2, 0) is 14.4 Å². The number of carbonyl (C=O) groups is 3. The molecule has 0 saturated carbocycles. The lowest BCUT2D eigenvalue weighted by atomic mass is 9.99. The third-order valence-corrected chi connectivity index (χ3v) is 6.25. The van der Waals surface area contributed by atoms with Crippen molar-refractivity contribution in [3.05, 3.63) is 139 Å². The predicted molar refractivity (Wildman–Crippen MR) is 171 cm³/mol. The zero-order chi connectivity index (χ0) is 31.8. The Labute approximate surface area is 256 Å². The molecule has 0 atom stereocenters. The van der Waals surface area contributed by atoms with E-state index in [1.54, 1.807) is 69.3 Å². The van der Waals surface area contributed by atoms with Gasteiger partial charge in [-0.05, 0) is 91.6 Å². The van der Waals surface area contributed by atoms with E-state index in [0.717, 1.165) is 22.3 Å². The Kier molecular flexibility index (Phi) is 9.74. The maximum absolute atomic E-state index is 12.4. The molecule has 4 rings (SSSR count). The summed E-state index contributed by atoms with van der Waals surface area (Å²) in [6, 6.07) is 27.3. The average Bonchev–Trinajstić information content (AvgIpc) is 3.01. The van der Waals surface area contributed by atoms with Crippen LogP contribution in [0.15, 0.2) is 127 Å². The summed E-state index contributed by atoms with van der Waals surface area (Å²) in [6.07, 6.45) is 0. The molecule has 0 aliphatic heterocycles. The molecule has 0 bridgehead atoms. The van der Waals surface area contributed by atoms with Gasteiger partial charge in [-0.3, -0.25) is 0 Å². The van der Waals surface area contributed by atoms with E-state index in [2.05, 4.69) is 31.6 Å². The highest BCUT2D eigenvalue weighted by molar-refractivity contribution is 5.90. The minimum Gasteiger partial charge on any atom is -0.423 e. The molecular weight excluding hydrogens is 552 g/mol. The first-order valence-corrected chi connectivity index (χ1v) is 13.6. The Morgan fingerprint density at radius 3 is 1.36 bits per heavy atom. The van der Waals surface area contributed by atoms with Crippen LogP contribution >= 0.6 is 0 Å². The topological polar surface area (TPSA) is 78.9 Å². The molecule has 0 saturated heterocycles. The summed E-state index contributed by atoms with van der Waals surface area (Å²) in [4.78, 5) is 35.9. The van der Waals surface area contributed by atoms with Crippen molar-refractivity contribution in [2.75, 3.05) is 0 Å². The fourth-order valence-corrected chi connectivity index (χ4v) is 3.78. The van der Waals surface area contributed by atoms with Gasteiger partial charge < -0.3 is 14.2 Å². The first-order chi connectivity index (χ1) is 21.0. The minimum atomic E-state index is -0.554. The number of benzene rings is 4. The van der Waals surface area contributed by atoms with Crippen LogP contribution in [0.3, 0.4) is 0 Å². The Bertz CT molecular complexity index is 1830. The minimum absolute atomic E-state index is 0.263. The van der Waals surface area contributed by atoms with Crippen LogP contribution in [0, 0.1) is 11.8 Å². The monoisotopic (exact) mass is 582 g/mol. The van der Waals surface area contributed by atoms with Crippen molar-refractivity contribution >= 4 is 17.9 Å². The molecule has 0 amide bonds. The molecule has 0 aliphatic rings. The van der Waals surface area contributed by atoms with Crippen molar-refractivity contribution in [3.63, 3.8) is 0 Å². The first-order valence-electron chi connectivity index (χ1n) is 13.6. The van der Waals surface area contributed by atoms with Crippen LogP contribution in [0.5, 0.6) is 17.2 Å². The van der Waals surface area contributed by atoms with E-state index >= 15 is 0 Å². The molecule has 4 aromatic carbocycles.